The lowest BCUT2D eigenvalue weighted by Crippen LogP contribution is -2.28. The highest BCUT2D eigenvalue weighted by molar-refractivity contribution is 7.89. The highest BCUT2D eigenvalue weighted by Crippen LogP contribution is 2.26. The van der Waals surface area contributed by atoms with Gasteiger partial charge >= 0.3 is 0 Å². The zero-order valence-electron chi connectivity index (χ0n) is 19.2. The number of anilines is 1. The van der Waals surface area contributed by atoms with E-state index >= 15 is 0 Å². The maximum absolute atomic E-state index is 13.1. The summed E-state index contributed by atoms with van der Waals surface area (Å²) in [5.41, 5.74) is 1.89. The standard InChI is InChI=1S/C24H33N3O4S/c1-17(18-10-12-22(31-4)13-11-18)25-24(28)19-14-21(26-20-8-6-5-7-9-20)16-23(15-19)32(29,30)27(2)3/h10-17,20,26H,5-9H2,1-4H3,(H,25,28)/t17-/m1/s1. The van der Waals surface area contributed by atoms with Crippen LogP contribution in [0.3, 0.4) is 0 Å². The Labute approximate surface area is 191 Å². The van der Waals surface area contributed by atoms with Gasteiger partial charge in [0.05, 0.1) is 18.0 Å². The van der Waals surface area contributed by atoms with E-state index in [1.807, 2.05) is 31.2 Å². The second-order valence-electron chi connectivity index (χ2n) is 8.48. The summed E-state index contributed by atoms with van der Waals surface area (Å²) in [6.07, 6.45) is 5.62. The molecule has 8 heteroatoms. The van der Waals surface area contributed by atoms with Crippen LogP contribution < -0.4 is 15.4 Å². The van der Waals surface area contributed by atoms with Gasteiger partial charge in [0, 0.05) is 31.4 Å². The minimum absolute atomic E-state index is 0.102. The largest absolute Gasteiger partial charge is 0.497 e. The molecule has 1 fully saturated rings. The van der Waals surface area contributed by atoms with E-state index in [0.717, 1.165) is 41.3 Å². The minimum Gasteiger partial charge on any atom is -0.497 e. The van der Waals surface area contributed by atoms with Crippen molar-refractivity contribution in [2.24, 2.45) is 0 Å². The maximum Gasteiger partial charge on any atom is 0.251 e. The molecule has 2 N–H and O–H groups in total. The minimum atomic E-state index is -3.69. The average molecular weight is 460 g/mol. The van der Waals surface area contributed by atoms with E-state index in [1.165, 1.54) is 26.6 Å². The Bertz CT molecular complexity index is 1030. The van der Waals surface area contributed by atoms with Gasteiger partial charge < -0.3 is 15.4 Å². The molecule has 0 unspecified atom stereocenters. The fourth-order valence-corrected chi connectivity index (χ4v) is 4.89. The third-order valence-electron chi connectivity index (χ3n) is 5.89. The van der Waals surface area contributed by atoms with Crippen molar-refractivity contribution in [1.29, 1.82) is 0 Å². The summed E-state index contributed by atoms with van der Waals surface area (Å²) in [5, 5.41) is 6.42. The topological polar surface area (TPSA) is 87.7 Å². The van der Waals surface area contributed by atoms with Crippen LogP contribution in [0.4, 0.5) is 5.69 Å². The van der Waals surface area contributed by atoms with Gasteiger partial charge in [-0.1, -0.05) is 31.4 Å². The molecule has 7 nitrogen and oxygen atoms in total. The second kappa shape index (κ2) is 10.4. The molecule has 0 spiro atoms. The van der Waals surface area contributed by atoms with Crippen LogP contribution in [-0.4, -0.2) is 45.9 Å². The fraction of sp³-hybridized carbons (Fsp3) is 0.458. The van der Waals surface area contributed by atoms with E-state index in [9.17, 15) is 13.2 Å². The van der Waals surface area contributed by atoms with Gasteiger partial charge in [0.1, 0.15) is 5.75 Å². The van der Waals surface area contributed by atoms with Crippen molar-refractivity contribution in [1.82, 2.24) is 9.62 Å². The van der Waals surface area contributed by atoms with Gasteiger partial charge in [-0.05, 0) is 55.7 Å². The summed E-state index contributed by atoms with van der Waals surface area (Å²) in [7, 11) is 0.896. The van der Waals surface area contributed by atoms with Crippen LogP contribution >= 0.6 is 0 Å². The van der Waals surface area contributed by atoms with Gasteiger partial charge in [0.15, 0.2) is 0 Å². The van der Waals surface area contributed by atoms with Crippen molar-refractivity contribution in [2.45, 2.75) is 56.0 Å². The number of rotatable bonds is 8. The number of nitrogens with zero attached hydrogens (tertiary/aromatic N) is 1. The number of carbonyl (C=O) groups is 1. The molecule has 0 bridgehead atoms. The van der Waals surface area contributed by atoms with Crippen molar-refractivity contribution in [2.75, 3.05) is 26.5 Å². The number of methoxy groups -OCH3 is 1. The lowest BCUT2D eigenvalue weighted by atomic mass is 9.95. The van der Waals surface area contributed by atoms with Gasteiger partial charge in [-0.2, -0.15) is 0 Å². The number of hydrogen-bond donors (Lipinski definition) is 2. The lowest BCUT2D eigenvalue weighted by Gasteiger charge is -2.25. The number of carbonyl (C=O) groups excluding carboxylic acids is 1. The summed E-state index contributed by atoms with van der Waals surface area (Å²) in [4.78, 5) is 13.2. The quantitative estimate of drug-likeness (QED) is 0.618. The Balaban J connectivity index is 1.86. The average Bonchev–Trinajstić information content (AvgIpc) is 2.79. The molecule has 32 heavy (non-hydrogen) atoms. The number of sulfonamides is 1. The first-order valence-corrected chi connectivity index (χ1v) is 12.4. The molecule has 0 radical (unpaired) electrons. The molecule has 0 saturated heterocycles. The lowest BCUT2D eigenvalue weighted by molar-refractivity contribution is 0.0939. The maximum atomic E-state index is 13.1. The molecule has 1 saturated carbocycles. The van der Waals surface area contributed by atoms with Crippen molar-refractivity contribution < 1.29 is 17.9 Å². The SMILES string of the molecule is COc1ccc([C@@H](C)NC(=O)c2cc(NC3CCCCC3)cc(S(=O)(=O)N(C)C)c2)cc1. The van der Waals surface area contributed by atoms with Gasteiger partial charge in [-0.15, -0.1) is 0 Å². The van der Waals surface area contributed by atoms with Crippen LogP contribution in [0.2, 0.25) is 0 Å². The normalized spacial score (nSPS) is 15.9. The van der Waals surface area contributed by atoms with E-state index < -0.39 is 10.0 Å². The Morgan fingerprint density at radius 1 is 1.06 bits per heavy atom. The molecule has 1 atom stereocenters. The van der Waals surface area contributed by atoms with E-state index in [2.05, 4.69) is 10.6 Å². The number of benzene rings is 2. The van der Waals surface area contributed by atoms with Crippen molar-refractivity contribution in [3.63, 3.8) is 0 Å². The van der Waals surface area contributed by atoms with Crippen LogP contribution in [0.15, 0.2) is 47.4 Å². The zero-order chi connectivity index (χ0) is 23.3. The molecule has 0 aromatic heterocycles. The Morgan fingerprint density at radius 2 is 1.72 bits per heavy atom. The summed E-state index contributed by atoms with van der Waals surface area (Å²) >= 11 is 0. The summed E-state index contributed by atoms with van der Waals surface area (Å²) in [5.74, 6) is 0.420. The molecular weight excluding hydrogens is 426 g/mol. The Hall–Kier alpha value is -2.58. The highest BCUT2D eigenvalue weighted by atomic mass is 32.2. The van der Waals surface area contributed by atoms with Crippen LogP contribution in [0, 0.1) is 0 Å². The van der Waals surface area contributed by atoms with Crippen LogP contribution in [0.1, 0.15) is 61.0 Å². The van der Waals surface area contributed by atoms with Crippen LogP contribution in [-0.2, 0) is 10.0 Å². The third kappa shape index (κ3) is 5.81. The highest BCUT2D eigenvalue weighted by Gasteiger charge is 2.22. The number of amides is 1. The third-order valence-corrected chi connectivity index (χ3v) is 7.68. The first kappa shape index (κ1) is 24.1. The Morgan fingerprint density at radius 3 is 2.31 bits per heavy atom. The van der Waals surface area contributed by atoms with E-state index in [4.69, 9.17) is 4.74 Å². The van der Waals surface area contributed by atoms with Gasteiger partial charge in [0.25, 0.3) is 5.91 Å². The number of hydrogen-bond acceptors (Lipinski definition) is 5. The van der Waals surface area contributed by atoms with Crippen molar-refractivity contribution in [3.05, 3.63) is 53.6 Å². The molecule has 1 aliphatic carbocycles. The summed E-state index contributed by atoms with van der Waals surface area (Å²) < 4.78 is 32.0. The smallest absolute Gasteiger partial charge is 0.251 e. The second-order valence-corrected chi connectivity index (χ2v) is 10.6. The molecule has 1 amide bonds. The Kier molecular flexibility index (Phi) is 7.79. The van der Waals surface area contributed by atoms with Gasteiger partial charge in [0.2, 0.25) is 10.0 Å². The van der Waals surface area contributed by atoms with E-state index in [-0.39, 0.29) is 22.9 Å². The molecule has 3 rings (SSSR count). The van der Waals surface area contributed by atoms with Crippen LogP contribution in [0.5, 0.6) is 5.75 Å². The molecule has 2 aromatic rings. The summed E-state index contributed by atoms with van der Waals surface area (Å²) in [6.45, 7) is 1.89. The first-order valence-electron chi connectivity index (χ1n) is 11.0. The predicted molar refractivity (Wildman–Crippen MR) is 127 cm³/mol. The fourth-order valence-electron chi connectivity index (χ4n) is 3.91. The van der Waals surface area contributed by atoms with Gasteiger partial charge in [-0.25, -0.2) is 12.7 Å². The zero-order valence-corrected chi connectivity index (χ0v) is 20.0. The van der Waals surface area contributed by atoms with Gasteiger partial charge in [-0.3, -0.25) is 4.79 Å². The van der Waals surface area contributed by atoms with E-state index in [0.29, 0.717) is 11.3 Å². The molecular formula is C24H33N3O4S. The van der Waals surface area contributed by atoms with Crippen LogP contribution in [0.25, 0.3) is 0 Å². The predicted octanol–water partition coefficient (Wildman–Crippen LogP) is 4.18. The molecule has 0 aliphatic heterocycles. The summed E-state index contributed by atoms with van der Waals surface area (Å²) in [6, 6.07) is 12.3. The first-order chi connectivity index (χ1) is 15.2. The number of nitrogens with one attached hydrogen (secondary N) is 2. The molecule has 1 aliphatic rings. The number of ether oxygens (including phenoxy) is 1. The molecule has 2 aromatic carbocycles. The van der Waals surface area contributed by atoms with E-state index in [1.54, 1.807) is 19.2 Å². The van der Waals surface area contributed by atoms with Crippen molar-refractivity contribution in [3.8, 4) is 5.75 Å². The van der Waals surface area contributed by atoms with Crippen molar-refractivity contribution >= 4 is 21.6 Å². The monoisotopic (exact) mass is 459 g/mol. The molecule has 174 valence electrons. The molecule has 0 heterocycles.